The molecule has 8 heteroatoms. The van der Waals surface area contributed by atoms with Gasteiger partial charge in [-0.1, -0.05) is 111 Å². The Kier molecular flexibility index (Phi) is 11.9. The van der Waals surface area contributed by atoms with Crippen molar-refractivity contribution in [3.63, 3.8) is 0 Å². The minimum atomic E-state index is -4.12. The van der Waals surface area contributed by atoms with Crippen molar-refractivity contribution >= 4 is 27.5 Å². The van der Waals surface area contributed by atoms with E-state index in [2.05, 4.69) is 12.2 Å². The quantitative estimate of drug-likeness (QED) is 0.157. The number of hydrogen-bond donors (Lipinski definition) is 1. The van der Waals surface area contributed by atoms with Crippen molar-refractivity contribution in [2.24, 2.45) is 0 Å². The minimum Gasteiger partial charge on any atom is -0.354 e. The number of unbranched alkanes of at least 4 members (excludes halogenated alkanes) is 1. The Balaban J connectivity index is 1.78. The lowest BCUT2D eigenvalue weighted by molar-refractivity contribution is -0.140. The molecule has 0 spiro atoms. The van der Waals surface area contributed by atoms with Crippen LogP contribution >= 0.6 is 0 Å². The molecule has 0 radical (unpaired) electrons. The van der Waals surface area contributed by atoms with E-state index in [1.807, 2.05) is 80.6 Å². The third-order valence-corrected chi connectivity index (χ3v) is 9.57. The maximum atomic E-state index is 14.5. The number of benzene rings is 4. The average molecular weight is 626 g/mol. The van der Waals surface area contributed by atoms with Gasteiger partial charge in [-0.2, -0.15) is 0 Å². The zero-order chi connectivity index (χ0) is 32.2. The van der Waals surface area contributed by atoms with E-state index in [9.17, 15) is 18.0 Å². The molecular weight excluding hydrogens is 582 g/mol. The van der Waals surface area contributed by atoms with E-state index in [1.54, 1.807) is 30.3 Å². The van der Waals surface area contributed by atoms with Crippen LogP contribution < -0.4 is 9.62 Å². The zero-order valence-electron chi connectivity index (χ0n) is 26.4. The molecule has 236 valence electrons. The predicted molar refractivity (Wildman–Crippen MR) is 180 cm³/mol. The molecule has 0 bridgehead atoms. The molecule has 0 aromatic heterocycles. The van der Waals surface area contributed by atoms with Crippen molar-refractivity contribution < 1.29 is 18.0 Å². The van der Waals surface area contributed by atoms with Gasteiger partial charge in [-0.25, -0.2) is 8.42 Å². The van der Waals surface area contributed by atoms with E-state index in [0.29, 0.717) is 12.2 Å². The first-order valence-corrected chi connectivity index (χ1v) is 17.0. The van der Waals surface area contributed by atoms with Gasteiger partial charge in [-0.3, -0.25) is 13.9 Å². The van der Waals surface area contributed by atoms with Gasteiger partial charge in [0.2, 0.25) is 11.8 Å². The summed E-state index contributed by atoms with van der Waals surface area (Å²) in [6.45, 7) is 6.22. The summed E-state index contributed by atoms with van der Waals surface area (Å²) in [5.74, 6) is -0.736. The third kappa shape index (κ3) is 9.05. The highest BCUT2D eigenvalue weighted by Gasteiger charge is 2.34. The van der Waals surface area contributed by atoms with E-state index in [0.717, 1.165) is 45.8 Å². The summed E-state index contributed by atoms with van der Waals surface area (Å²) in [6, 6.07) is 31.9. The van der Waals surface area contributed by atoms with Crippen molar-refractivity contribution in [2.75, 3.05) is 17.4 Å². The van der Waals surface area contributed by atoms with Crippen LogP contribution in [0.25, 0.3) is 0 Å². The first-order valence-electron chi connectivity index (χ1n) is 15.6. The SMILES string of the molecule is CCCCNC(=O)[C@H](Cc1ccccc1)N(Cc1cccc(C)c1)C(=O)CN(c1ccc(CC)cc1)S(=O)(=O)c1ccccc1. The highest BCUT2D eigenvalue weighted by Crippen LogP contribution is 2.26. The standard InChI is InChI=1S/C37H43N3O4S/c1-4-6-24-38-37(42)35(26-31-15-9-7-10-16-31)39(27-32-17-13-14-29(3)25-32)36(41)28-40(33-22-20-30(5-2)21-23-33)45(43,44)34-18-11-8-12-19-34/h7-23,25,35H,4-6,24,26-28H2,1-3H3,(H,38,42)/t35-/m0/s1. The molecule has 45 heavy (non-hydrogen) atoms. The van der Waals surface area contributed by atoms with Gasteiger partial charge in [0, 0.05) is 19.5 Å². The summed E-state index contributed by atoms with van der Waals surface area (Å²) >= 11 is 0. The molecule has 4 rings (SSSR count). The van der Waals surface area contributed by atoms with Crippen molar-refractivity contribution in [1.82, 2.24) is 10.2 Å². The van der Waals surface area contributed by atoms with Gasteiger partial charge in [0.25, 0.3) is 10.0 Å². The molecule has 0 saturated heterocycles. The van der Waals surface area contributed by atoms with Crippen LogP contribution in [0, 0.1) is 6.92 Å². The predicted octanol–water partition coefficient (Wildman–Crippen LogP) is 6.31. The van der Waals surface area contributed by atoms with Gasteiger partial charge in [0.15, 0.2) is 0 Å². The molecule has 0 unspecified atom stereocenters. The molecule has 7 nitrogen and oxygen atoms in total. The Bertz CT molecular complexity index is 1640. The van der Waals surface area contributed by atoms with Gasteiger partial charge in [-0.05, 0) is 60.7 Å². The van der Waals surface area contributed by atoms with Crippen LogP contribution in [0.3, 0.4) is 0 Å². The fraction of sp³-hybridized carbons (Fsp3) is 0.297. The van der Waals surface area contributed by atoms with E-state index < -0.39 is 28.5 Å². The van der Waals surface area contributed by atoms with E-state index in [4.69, 9.17) is 0 Å². The smallest absolute Gasteiger partial charge is 0.264 e. The number of anilines is 1. The Morgan fingerprint density at radius 2 is 1.42 bits per heavy atom. The number of carbonyl (C=O) groups is 2. The van der Waals surface area contributed by atoms with Crippen LogP contribution in [-0.4, -0.2) is 44.3 Å². The van der Waals surface area contributed by atoms with Crippen LogP contribution in [0.2, 0.25) is 0 Å². The van der Waals surface area contributed by atoms with Gasteiger partial charge in [-0.15, -0.1) is 0 Å². The van der Waals surface area contributed by atoms with Gasteiger partial charge in [0.05, 0.1) is 10.6 Å². The Hall–Kier alpha value is -4.43. The Morgan fingerprint density at radius 1 is 0.778 bits per heavy atom. The molecule has 0 fully saturated rings. The molecule has 0 aliphatic heterocycles. The minimum absolute atomic E-state index is 0.0840. The van der Waals surface area contributed by atoms with Gasteiger partial charge >= 0.3 is 0 Å². The number of nitrogens with one attached hydrogen (secondary N) is 1. The van der Waals surface area contributed by atoms with E-state index in [-0.39, 0.29) is 23.8 Å². The number of sulfonamides is 1. The molecule has 4 aromatic carbocycles. The molecule has 2 amide bonds. The highest BCUT2D eigenvalue weighted by atomic mass is 32.2. The van der Waals surface area contributed by atoms with Crippen LogP contribution in [-0.2, 0) is 39.0 Å². The lowest BCUT2D eigenvalue weighted by Crippen LogP contribution is -2.53. The highest BCUT2D eigenvalue weighted by molar-refractivity contribution is 7.92. The Morgan fingerprint density at radius 3 is 2.04 bits per heavy atom. The number of carbonyl (C=O) groups excluding carboxylic acids is 2. The van der Waals surface area contributed by atoms with Crippen LogP contribution in [0.1, 0.15) is 48.9 Å². The molecule has 4 aromatic rings. The third-order valence-electron chi connectivity index (χ3n) is 7.78. The number of nitrogens with zero attached hydrogens (tertiary/aromatic N) is 2. The van der Waals surface area contributed by atoms with Crippen molar-refractivity contribution in [1.29, 1.82) is 0 Å². The number of amides is 2. The first kappa shape index (κ1) is 33.5. The lowest BCUT2D eigenvalue weighted by Gasteiger charge is -2.34. The second-order valence-electron chi connectivity index (χ2n) is 11.2. The number of rotatable bonds is 15. The number of aryl methyl sites for hydroxylation is 2. The van der Waals surface area contributed by atoms with E-state index >= 15 is 0 Å². The lowest BCUT2D eigenvalue weighted by atomic mass is 10.0. The molecule has 1 atom stereocenters. The summed E-state index contributed by atoms with van der Waals surface area (Å²) in [5.41, 5.74) is 4.21. The normalized spacial score (nSPS) is 11.9. The molecule has 1 N–H and O–H groups in total. The topological polar surface area (TPSA) is 86.8 Å². The first-order chi connectivity index (χ1) is 21.7. The van der Waals surface area contributed by atoms with Crippen LogP contribution in [0.5, 0.6) is 0 Å². The van der Waals surface area contributed by atoms with Crippen LogP contribution in [0.4, 0.5) is 5.69 Å². The molecular formula is C37H43N3O4S. The average Bonchev–Trinajstić information content (AvgIpc) is 3.06. The van der Waals surface area contributed by atoms with Gasteiger partial charge < -0.3 is 10.2 Å². The molecule has 0 aliphatic rings. The van der Waals surface area contributed by atoms with Crippen molar-refractivity contribution in [2.45, 2.75) is 63.9 Å². The summed E-state index contributed by atoms with van der Waals surface area (Å²) < 4.78 is 29.3. The largest absolute Gasteiger partial charge is 0.354 e. The molecule has 0 heterocycles. The fourth-order valence-corrected chi connectivity index (χ4v) is 6.65. The monoisotopic (exact) mass is 625 g/mol. The zero-order valence-corrected chi connectivity index (χ0v) is 27.2. The van der Waals surface area contributed by atoms with Crippen LogP contribution in [0.15, 0.2) is 114 Å². The van der Waals surface area contributed by atoms with Crippen molar-refractivity contribution in [3.8, 4) is 0 Å². The molecule has 0 saturated carbocycles. The maximum Gasteiger partial charge on any atom is 0.264 e. The molecule has 0 aliphatic carbocycles. The summed E-state index contributed by atoms with van der Waals surface area (Å²) in [4.78, 5) is 30.0. The van der Waals surface area contributed by atoms with Gasteiger partial charge in [0.1, 0.15) is 12.6 Å². The Labute approximate surface area is 268 Å². The summed E-state index contributed by atoms with van der Waals surface area (Å²) in [6.07, 6.45) is 2.81. The second-order valence-corrected chi connectivity index (χ2v) is 13.1. The van der Waals surface area contributed by atoms with Crippen molar-refractivity contribution in [3.05, 3.63) is 131 Å². The fourth-order valence-electron chi connectivity index (χ4n) is 5.21. The summed E-state index contributed by atoms with van der Waals surface area (Å²) in [7, 11) is -4.12. The summed E-state index contributed by atoms with van der Waals surface area (Å²) in [5, 5.41) is 3.03. The number of hydrogen-bond acceptors (Lipinski definition) is 4. The van der Waals surface area contributed by atoms with E-state index in [1.165, 1.54) is 17.0 Å². The maximum absolute atomic E-state index is 14.5. The second kappa shape index (κ2) is 16.0.